The van der Waals surface area contributed by atoms with Crippen LogP contribution < -0.4 is 5.32 Å². The summed E-state index contributed by atoms with van der Waals surface area (Å²) in [5, 5.41) is 21.3. The maximum atomic E-state index is 14.5. The summed E-state index contributed by atoms with van der Waals surface area (Å²) in [6.45, 7) is 7.71. The fourth-order valence-electron chi connectivity index (χ4n) is 7.05. The number of carbonyl (C=O) groups excluding carboxylic acids is 1. The van der Waals surface area contributed by atoms with Crippen LogP contribution in [0.1, 0.15) is 63.6 Å². The van der Waals surface area contributed by atoms with Gasteiger partial charge in [0, 0.05) is 25.0 Å². The lowest BCUT2D eigenvalue weighted by atomic mass is 9.59. The average molecular weight is 471 g/mol. The zero-order valence-corrected chi connectivity index (χ0v) is 19.9. The van der Waals surface area contributed by atoms with Crippen LogP contribution in [-0.4, -0.2) is 52.0 Å². The second kappa shape index (κ2) is 8.26. The molecule has 5 rings (SSSR count). The minimum atomic E-state index is -0.641. The number of nitrogens with one attached hydrogen (secondary N) is 1. The highest BCUT2D eigenvalue weighted by molar-refractivity contribution is 5.74. The van der Waals surface area contributed by atoms with Gasteiger partial charge in [0.05, 0.1) is 23.1 Å². The molecule has 3 aliphatic rings. The highest BCUT2D eigenvalue weighted by Crippen LogP contribution is 2.70. The average Bonchev–Trinajstić information content (AvgIpc) is 3.18. The third kappa shape index (κ3) is 3.33. The van der Waals surface area contributed by atoms with E-state index in [9.17, 15) is 18.7 Å². The van der Waals surface area contributed by atoms with Crippen LogP contribution in [0.5, 0.6) is 0 Å². The Kier molecular flexibility index (Phi) is 5.62. The SMILES string of the molecule is C[C@@H](O)CNC(=O)N1CCCC([C@@]23CC[C@@H](c4cc(-c5c(F)cccc5F)nnc42)C3(C)C)C1. The lowest BCUT2D eigenvalue weighted by molar-refractivity contribution is 0.0669. The molecule has 8 heteroatoms. The van der Waals surface area contributed by atoms with Gasteiger partial charge in [0.25, 0.3) is 0 Å². The van der Waals surface area contributed by atoms with Gasteiger partial charge in [-0.05, 0) is 73.6 Å². The van der Waals surface area contributed by atoms with Gasteiger partial charge in [0.15, 0.2) is 0 Å². The molecule has 1 saturated carbocycles. The molecule has 2 amide bonds. The zero-order chi connectivity index (χ0) is 24.3. The van der Waals surface area contributed by atoms with Crippen molar-refractivity contribution in [3.8, 4) is 11.3 Å². The first-order chi connectivity index (χ1) is 16.2. The maximum Gasteiger partial charge on any atom is 0.317 e. The Balaban J connectivity index is 1.50. The highest BCUT2D eigenvalue weighted by Gasteiger charge is 2.66. The summed E-state index contributed by atoms with van der Waals surface area (Å²) >= 11 is 0. The fourth-order valence-corrected chi connectivity index (χ4v) is 7.05. The minimum absolute atomic E-state index is 0.111. The number of halogens is 2. The molecule has 2 heterocycles. The molecule has 2 bridgehead atoms. The molecule has 1 aromatic heterocycles. The number of likely N-dealkylation sites (tertiary alicyclic amines) is 1. The first kappa shape index (κ1) is 23.1. The topological polar surface area (TPSA) is 78.4 Å². The van der Waals surface area contributed by atoms with E-state index in [1.54, 1.807) is 6.92 Å². The van der Waals surface area contributed by atoms with Gasteiger partial charge in [0.2, 0.25) is 0 Å². The van der Waals surface area contributed by atoms with Crippen molar-refractivity contribution in [3.05, 3.63) is 47.2 Å². The quantitative estimate of drug-likeness (QED) is 0.695. The molecule has 4 atom stereocenters. The molecular formula is C26H32F2N4O2. The fraction of sp³-hybridized carbons (Fsp3) is 0.577. The molecule has 1 aromatic carbocycles. The van der Waals surface area contributed by atoms with Crippen molar-refractivity contribution in [3.63, 3.8) is 0 Å². The Morgan fingerprint density at radius 1 is 1.26 bits per heavy atom. The number of aromatic nitrogens is 2. The second-order valence-electron chi connectivity index (χ2n) is 10.7. The lowest BCUT2D eigenvalue weighted by Crippen LogP contribution is -2.53. The van der Waals surface area contributed by atoms with Gasteiger partial charge >= 0.3 is 6.03 Å². The van der Waals surface area contributed by atoms with Gasteiger partial charge in [-0.15, -0.1) is 0 Å². The van der Waals surface area contributed by atoms with Crippen molar-refractivity contribution in [1.82, 2.24) is 20.4 Å². The predicted octanol–water partition coefficient (Wildman–Crippen LogP) is 4.38. The van der Waals surface area contributed by atoms with Crippen LogP contribution in [0.4, 0.5) is 13.6 Å². The number of hydrogen-bond acceptors (Lipinski definition) is 4. The molecule has 1 unspecified atom stereocenters. The van der Waals surface area contributed by atoms with Crippen molar-refractivity contribution in [1.29, 1.82) is 0 Å². The van der Waals surface area contributed by atoms with Crippen LogP contribution in [0.3, 0.4) is 0 Å². The lowest BCUT2D eigenvalue weighted by Gasteiger charge is -2.48. The van der Waals surface area contributed by atoms with Crippen molar-refractivity contribution in [2.75, 3.05) is 19.6 Å². The van der Waals surface area contributed by atoms with Crippen LogP contribution in [0, 0.1) is 23.0 Å². The van der Waals surface area contributed by atoms with Crippen LogP contribution in [0.2, 0.25) is 0 Å². The van der Waals surface area contributed by atoms with E-state index in [1.807, 2.05) is 11.0 Å². The molecule has 0 spiro atoms. The number of benzene rings is 1. The number of aliphatic hydroxyl groups is 1. The summed E-state index contributed by atoms with van der Waals surface area (Å²) in [7, 11) is 0. The Labute approximate surface area is 198 Å². The summed E-state index contributed by atoms with van der Waals surface area (Å²) in [4.78, 5) is 14.6. The molecule has 2 aliphatic carbocycles. The Morgan fingerprint density at radius 2 is 2.00 bits per heavy atom. The molecule has 2 N–H and O–H groups in total. The number of fused-ring (bicyclic) bond motifs is 5. The summed E-state index contributed by atoms with van der Waals surface area (Å²) in [5.41, 5.74) is 1.72. The highest BCUT2D eigenvalue weighted by atomic mass is 19.1. The van der Waals surface area contributed by atoms with Crippen molar-refractivity contribution >= 4 is 6.03 Å². The normalized spacial score (nSPS) is 28.0. The van der Waals surface area contributed by atoms with Gasteiger partial charge in [-0.1, -0.05) is 19.9 Å². The molecule has 34 heavy (non-hydrogen) atoms. The Morgan fingerprint density at radius 3 is 2.71 bits per heavy atom. The molecule has 2 aromatic rings. The Hall–Kier alpha value is -2.61. The van der Waals surface area contributed by atoms with Gasteiger partial charge < -0.3 is 15.3 Å². The van der Waals surface area contributed by atoms with E-state index in [0.717, 1.165) is 36.9 Å². The van der Waals surface area contributed by atoms with Crippen LogP contribution in [0.15, 0.2) is 24.3 Å². The van der Waals surface area contributed by atoms with E-state index in [0.29, 0.717) is 13.1 Å². The van der Waals surface area contributed by atoms with E-state index < -0.39 is 17.7 Å². The number of hydrogen-bond donors (Lipinski definition) is 2. The monoisotopic (exact) mass is 470 g/mol. The molecule has 2 fully saturated rings. The summed E-state index contributed by atoms with van der Waals surface area (Å²) in [6, 6.07) is 5.52. The molecule has 1 saturated heterocycles. The van der Waals surface area contributed by atoms with E-state index in [4.69, 9.17) is 0 Å². The third-order valence-electron chi connectivity index (χ3n) is 8.64. The largest absolute Gasteiger partial charge is 0.392 e. The number of nitrogens with zero attached hydrogens (tertiary/aromatic N) is 3. The minimum Gasteiger partial charge on any atom is -0.392 e. The number of carbonyl (C=O) groups is 1. The van der Waals surface area contributed by atoms with E-state index >= 15 is 0 Å². The molecule has 0 radical (unpaired) electrons. The van der Waals surface area contributed by atoms with Crippen molar-refractivity contribution in [2.45, 2.75) is 63.9 Å². The second-order valence-corrected chi connectivity index (χ2v) is 10.7. The molecule has 182 valence electrons. The van der Waals surface area contributed by atoms with E-state index in [1.165, 1.54) is 18.2 Å². The molecular weight excluding hydrogens is 438 g/mol. The predicted molar refractivity (Wildman–Crippen MR) is 124 cm³/mol. The summed E-state index contributed by atoms with van der Waals surface area (Å²) in [5.74, 6) is -0.841. The first-order valence-electron chi connectivity index (χ1n) is 12.2. The Bertz CT molecular complexity index is 1100. The third-order valence-corrected chi connectivity index (χ3v) is 8.64. The van der Waals surface area contributed by atoms with E-state index in [2.05, 4.69) is 29.4 Å². The summed E-state index contributed by atoms with van der Waals surface area (Å²) in [6.07, 6.45) is 3.24. The van der Waals surface area contributed by atoms with Gasteiger partial charge in [-0.25, -0.2) is 13.6 Å². The zero-order valence-electron chi connectivity index (χ0n) is 19.9. The number of aliphatic hydroxyl groups excluding tert-OH is 1. The molecule has 1 aliphatic heterocycles. The maximum absolute atomic E-state index is 14.5. The first-order valence-corrected chi connectivity index (χ1v) is 12.2. The standard InChI is InChI=1S/C26H32F2N4O2/c1-15(33)13-29-24(34)32-11-5-6-16(14-32)26-10-9-18(25(26,2)3)17-12-21(30-31-23(17)26)22-19(27)7-4-8-20(22)28/h4,7-8,12,15-16,18,33H,5-6,9-11,13-14H2,1-3H3,(H,29,34)/t15-,16?,18+,26+/m1/s1. The van der Waals surface area contributed by atoms with Gasteiger partial charge in [-0.3, -0.25) is 0 Å². The number of piperidine rings is 1. The van der Waals surface area contributed by atoms with Crippen LogP contribution in [0.25, 0.3) is 11.3 Å². The smallest absolute Gasteiger partial charge is 0.317 e. The van der Waals surface area contributed by atoms with Crippen LogP contribution in [-0.2, 0) is 5.41 Å². The number of urea groups is 1. The van der Waals surface area contributed by atoms with Gasteiger partial charge in [-0.2, -0.15) is 10.2 Å². The van der Waals surface area contributed by atoms with Crippen LogP contribution >= 0.6 is 0 Å². The number of rotatable bonds is 4. The van der Waals surface area contributed by atoms with Gasteiger partial charge in [0.1, 0.15) is 11.6 Å². The van der Waals surface area contributed by atoms with E-state index in [-0.39, 0.29) is 46.5 Å². The summed E-state index contributed by atoms with van der Waals surface area (Å²) < 4.78 is 28.9. The number of amides is 2. The van der Waals surface area contributed by atoms with Crippen molar-refractivity contribution in [2.24, 2.45) is 11.3 Å². The molecule has 6 nitrogen and oxygen atoms in total. The van der Waals surface area contributed by atoms with Crippen molar-refractivity contribution < 1.29 is 18.7 Å².